The van der Waals surface area contributed by atoms with E-state index in [-0.39, 0.29) is 37.2 Å². The molecule has 0 rings (SSSR count). The largest absolute Gasteiger partial charge is 0.481 e. The van der Waals surface area contributed by atoms with Gasteiger partial charge < -0.3 is 15.7 Å². The van der Waals surface area contributed by atoms with Crippen molar-refractivity contribution >= 4 is 17.8 Å². The van der Waals surface area contributed by atoms with E-state index in [1.165, 1.54) is 6.92 Å². The number of carboxylic acid groups (broad SMARTS) is 1. The molecule has 0 bridgehead atoms. The van der Waals surface area contributed by atoms with Crippen molar-refractivity contribution in [3.8, 4) is 0 Å². The predicted molar refractivity (Wildman–Crippen MR) is 66.9 cm³/mol. The van der Waals surface area contributed by atoms with Gasteiger partial charge in [-0.2, -0.15) is 0 Å². The van der Waals surface area contributed by atoms with Crippen LogP contribution in [0.4, 0.5) is 0 Å². The summed E-state index contributed by atoms with van der Waals surface area (Å²) >= 11 is 0. The molecule has 104 valence electrons. The predicted octanol–water partition coefficient (Wildman–Crippen LogP) is 0.376. The Morgan fingerprint density at radius 3 is 2.22 bits per heavy atom. The summed E-state index contributed by atoms with van der Waals surface area (Å²) in [5.74, 6) is -1.63. The van der Waals surface area contributed by atoms with E-state index >= 15 is 0 Å². The van der Waals surface area contributed by atoms with Crippen molar-refractivity contribution in [2.45, 2.75) is 33.6 Å². The Labute approximate surface area is 107 Å². The van der Waals surface area contributed by atoms with Crippen LogP contribution >= 0.6 is 0 Å². The zero-order valence-electron chi connectivity index (χ0n) is 11.2. The van der Waals surface area contributed by atoms with Gasteiger partial charge in [-0.25, -0.2) is 0 Å². The molecule has 0 aliphatic carbocycles. The molecule has 1 atom stereocenters. The molecule has 18 heavy (non-hydrogen) atoms. The monoisotopic (exact) mass is 258 g/mol. The maximum Gasteiger partial charge on any atom is 0.308 e. The minimum atomic E-state index is -0.897. The van der Waals surface area contributed by atoms with Gasteiger partial charge in [0.25, 0.3) is 0 Å². The molecule has 0 aliphatic heterocycles. The molecular formula is C12H22N2O4. The van der Waals surface area contributed by atoms with E-state index in [2.05, 4.69) is 10.6 Å². The van der Waals surface area contributed by atoms with E-state index in [1.54, 1.807) is 0 Å². The number of nitrogens with one attached hydrogen (secondary N) is 2. The van der Waals surface area contributed by atoms with E-state index in [1.807, 2.05) is 13.8 Å². The smallest absolute Gasteiger partial charge is 0.308 e. The number of rotatable bonds is 8. The highest BCUT2D eigenvalue weighted by Gasteiger charge is 2.19. The lowest BCUT2D eigenvalue weighted by atomic mass is 9.97. The van der Waals surface area contributed by atoms with Gasteiger partial charge in [-0.3, -0.25) is 14.4 Å². The van der Waals surface area contributed by atoms with Gasteiger partial charge in [0.1, 0.15) is 0 Å². The Balaban J connectivity index is 3.92. The maximum absolute atomic E-state index is 11.4. The van der Waals surface area contributed by atoms with Crippen LogP contribution in [0.5, 0.6) is 0 Å². The normalized spacial score (nSPS) is 12.0. The molecule has 0 saturated carbocycles. The van der Waals surface area contributed by atoms with Crippen molar-refractivity contribution in [2.75, 3.05) is 13.1 Å². The summed E-state index contributed by atoms with van der Waals surface area (Å²) in [5.41, 5.74) is 0. The van der Waals surface area contributed by atoms with E-state index < -0.39 is 11.9 Å². The molecule has 0 heterocycles. The zero-order chi connectivity index (χ0) is 14.1. The fraction of sp³-hybridized carbons (Fsp3) is 0.750. The average Bonchev–Trinajstić information content (AvgIpc) is 2.22. The molecule has 6 nitrogen and oxygen atoms in total. The van der Waals surface area contributed by atoms with Crippen LogP contribution in [0.3, 0.4) is 0 Å². The highest BCUT2D eigenvalue weighted by Crippen LogP contribution is 2.10. The van der Waals surface area contributed by atoms with Crippen molar-refractivity contribution in [1.82, 2.24) is 10.6 Å². The topological polar surface area (TPSA) is 95.5 Å². The molecule has 0 radical (unpaired) electrons. The zero-order valence-corrected chi connectivity index (χ0v) is 11.2. The summed E-state index contributed by atoms with van der Waals surface area (Å²) in [4.78, 5) is 32.9. The quantitative estimate of drug-likeness (QED) is 0.586. The second-order valence-corrected chi connectivity index (χ2v) is 4.70. The summed E-state index contributed by atoms with van der Waals surface area (Å²) in [6.07, 6.45) is 0.689. The van der Waals surface area contributed by atoms with Gasteiger partial charge >= 0.3 is 5.97 Å². The number of carboxylic acids is 1. The fourth-order valence-electron chi connectivity index (χ4n) is 1.52. The van der Waals surface area contributed by atoms with Crippen LogP contribution in [-0.2, 0) is 14.4 Å². The van der Waals surface area contributed by atoms with Crippen LogP contribution in [0.15, 0.2) is 0 Å². The minimum Gasteiger partial charge on any atom is -0.481 e. The lowest BCUT2D eigenvalue weighted by Crippen LogP contribution is -2.35. The number of carbonyl (C=O) groups is 3. The number of hydrogen-bond donors (Lipinski definition) is 3. The molecule has 0 aliphatic rings. The molecule has 0 aromatic heterocycles. The molecule has 0 aromatic carbocycles. The van der Waals surface area contributed by atoms with Gasteiger partial charge in [-0.15, -0.1) is 0 Å². The third-order valence-electron chi connectivity index (χ3n) is 2.38. The Morgan fingerprint density at radius 2 is 1.78 bits per heavy atom. The molecule has 0 aromatic rings. The van der Waals surface area contributed by atoms with E-state index in [0.29, 0.717) is 6.42 Å². The van der Waals surface area contributed by atoms with Crippen LogP contribution in [-0.4, -0.2) is 36.0 Å². The maximum atomic E-state index is 11.4. The summed E-state index contributed by atoms with van der Waals surface area (Å²) < 4.78 is 0. The fourth-order valence-corrected chi connectivity index (χ4v) is 1.52. The Kier molecular flexibility index (Phi) is 7.74. The van der Waals surface area contributed by atoms with Crippen molar-refractivity contribution in [1.29, 1.82) is 0 Å². The summed E-state index contributed by atoms with van der Waals surface area (Å²) in [5, 5.41) is 14.1. The molecule has 3 N–H and O–H groups in total. The second kappa shape index (κ2) is 8.49. The standard InChI is InChI=1S/C12H22N2O4/c1-8(2)6-10(12(17)18)7-14-11(16)4-5-13-9(3)15/h8,10H,4-7H2,1-3H3,(H,13,15)(H,14,16)(H,17,18). The first-order valence-electron chi connectivity index (χ1n) is 6.06. The van der Waals surface area contributed by atoms with E-state index in [4.69, 9.17) is 5.11 Å². The highest BCUT2D eigenvalue weighted by atomic mass is 16.4. The Hall–Kier alpha value is -1.59. The molecule has 0 fully saturated rings. The van der Waals surface area contributed by atoms with Gasteiger partial charge in [0.05, 0.1) is 5.92 Å². The van der Waals surface area contributed by atoms with Gasteiger partial charge in [-0.05, 0) is 12.3 Å². The molecule has 2 amide bonds. The van der Waals surface area contributed by atoms with Crippen molar-refractivity contribution in [2.24, 2.45) is 11.8 Å². The van der Waals surface area contributed by atoms with Crippen LogP contribution in [0.1, 0.15) is 33.6 Å². The van der Waals surface area contributed by atoms with Crippen molar-refractivity contribution < 1.29 is 19.5 Å². The van der Waals surface area contributed by atoms with Crippen molar-refractivity contribution in [3.63, 3.8) is 0 Å². The lowest BCUT2D eigenvalue weighted by Gasteiger charge is -2.15. The molecule has 0 spiro atoms. The van der Waals surface area contributed by atoms with Crippen LogP contribution in [0.25, 0.3) is 0 Å². The second-order valence-electron chi connectivity index (χ2n) is 4.70. The number of amides is 2. The van der Waals surface area contributed by atoms with Gasteiger partial charge in [-0.1, -0.05) is 13.8 Å². The van der Waals surface area contributed by atoms with Gasteiger partial charge in [0, 0.05) is 26.4 Å². The van der Waals surface area contributed by atoms with E-state index in [0.717, 1.165) is 0 Å². The summed E-state index contributed by atoms with van der Waals surface area (Å²) in [6.45, 7) is 5.65. The van der Waals surface area contributed by atoms with Crippen LogP contribution < -0.4 is 10.6 Å². The van der Waals surface area contributed by atoms with Crippen LogP contribution in [0.2, 0.25) is 0 Å². The first-order chi connectivity index (χ1) is 8.32. The average molecular weight is 258 g/mol. The first kappa shape index (κ1) is 16.4. The molecule has 6 heteroatoms. The Bertz CT molecular complexity index is 302. The number of aliphatic carboxylic acids is 1. The molecule has 1 unspecified atom stereocenters. The number of hydrogen-bond acceptors (Lipinski definition) is 3. The third-order valence-corrected chi connectivity index (χ3v) is 2.38. The van der Waals surface area contributed by atoms with Gasteiger partial charge in [0.2, 0.25) is 11.8 Å². The summed E-state index contributed by atoms with van der Waals surface area (Å²) in [7, 11) is 0. The molecular weight excluding hydrogens is 236 g/mol. The van der Waals surface area contributed by atoms with Gasteiger partial charge in [0.15, 0.2) is 0 Å². The molecule has 0 saturated heterocycles. The first-order valence-corrected chi connectivity index (χ1v) is 6.06. The SMILES string of the molecule is CC(=O)NCCC(=O)NCC(CC(C)C)C(=O)O. The lowest BCUT2D eigenvalue weighted by molar-refractivity contribution is -0.142. The highest BCUT2D eigenvalue weighted by molar-refractivity contribution is 5.78. The minimum absolute atomic E-state index is 0.131. The van der Waals surface area contributed by atoms with Crippen LogP contribution in [0, 0.1) is 11.8 Å². The summed E-state index contributed by atoms with van der Waals surface area (Å²) in [6, 6.07) is 0. The Morgan fingerprint density at radius 1 is 1.17 bits per heavy atom. The van der Waals surface area contributed by atoms with Crippen molar-refractivity contribution in [3.05, 3.63) is 0 Å². The van der Waals surface area contributed by atoms with E-state index in [9.17, 15) is 14.4 Å². The number of carbonyl (C=O) groups excluding carboxylic acids is 2. The third kappa shape index (κ3) is 8.55.